The Bertz CT molecular complexity index is 477. The summed E-state index contributed by atoms with van der Waals surface area (Å²) in [6.07, 6.45) is 9.16. The van der Waals surface area contributed by atoms with Crippen LogP contribution in [0.4, 0.5) is 5.82 Å². The van der Waals surface area contributed by atoms with Gasteiger partial charge in [0.15, 0.2) is 0 Å². The summed E-state index contributed by atoms with van der Waals surface area (Å²) in [5.74, 6) is 1.82. The summed E-state index contributed by atoms with van der Waals surface area (Å²) in [6, 6.07) is 0. The summed E-state index contributed by atoms with van der Waals surface area (Å²) in [6.45, 7) is 3.15. The molecule has 0 spiro atoms. The van der Waals surface area contributed by atoms with E-state index >= 15 is 0 Å². The van der Waals surface area contributed by atoms with Gasteiger partial charge in [0.2, 0.25) is 0 Å². The Morgan fingerprint density at radius 2 is 2.24 bits per heavy atom. The summed E-state index contributed by atoms with van der Waals surface area (Å²) < 4.78 is 2.16. The number of rotatable bonds is 5. The first kappa shape index (κ1) is 11.6. The lowest BCUT2D eigenvalue weighted by Gasteiger charge is -2.06. The summed E-state index contributed by atoms with van der Waals surface area (Å²) in [5, 5.41) is 2.99. The Morgan fingerprint density at radius 1 is 1.35 bits per heavy atom. The second kappa shape index (κ2) is 5.43. The molecule has 2 rings (SSSR count). The van der Waals surface area contributed by atoms with Crippen LogP contribution in [0.5, 0.6) is 0 Å². The molecular weight excluding hydrogens is 214 g/mol. The number of imidazole rings is 1. The minimum atomic E-state index is 0.718. The van der Waals surface area contributed by atoms with Crippen LogP contribution in [-0.4, -0.2) is 26.6 Å². The molecule has 5 nitrogen and oxygen atoms in total. The number of aromatic nitrogens is 4. The average molecular weight is 231 g/mol. The third kappa shape index (κ3) is 2.81. The highest BCUT2D eigenvalue weighted by molar-refractivity contribution is 5.30. The molecule has 0 fully saturated rings. The Balaban J connectivity index is 2.16. The SMILES string of the molecule is CCCn1ccnc1Cc1cncc(NC)n1. The van der Waals surface area contributed by atoms with Crippen LogP contribution in [0.3, 0.4) is 0 Å². The number of anilines is 1. The smallest absolute Gasteiger partial charge is 0.144 e. The van der Waals surface area contributed by atoms with Gasteiger partial charge in [0.05, 0.1) is 11.9 Å². The highest BCUT2D eigenvalue weighted by atomic mass is 15.1. The van der Waals surface area contributed by atoms with Gasteiger partial charge in [-0.1, -0.05) is 6.92 Å². The van der Waals surface area contributed by atoms with Crippen molar-refractivity contribution in [1.29, 1.82) is 0 Å². The quantitative estimate of drug-likeness (QED) is 0.851. The Morgan fingerprint density at radius 3 is 3.00 bits per heavy atom. The van der Waals surface area contributed by atoms with Crippen molar-refractivity contribution < 1.29 is 0 Å². The van der Waals surface area contributed by atoms with Crippen LogP contribution in [-0.2, 0) is 13.0 Å². The van der Waals surface area contributed by atoms with Gasteiger partial charge in [-0.05, 0) is 6.42 Å². The third-order valence-electron chi connectivity index (χ3n) is 2.55. The fourth-order valence-electron chi connectivity index (χ4n) is 1.73. The highest BCUT2D eigenvalue weighted by Crippen LogP contribution is 2.08. The second-order valence-corrected chi connectivity index (χ2v) is 3.86. The second-order valence-electron chi connectivity index (χ2n) is 3.86. The zero-order chi connectivity index (χ0) is 12.1. The molecule has 0 aliphatic rings. The summed E-state index contributed by atoms with van der Waals surface area (Å²) in [7, 11) is 1.84. The van der Waals surface area contributed by atoms with Gasteiger partial charge in [0, 0.05) is 38.6 Å². The van der Waals surface area contributed by atoms with E-state index in [-0.39, 0.29) is 0 Å². The zero-order valence-corrected chi connectivity index (χ0v) is 10.2. The molecule has 2 aromatic heterocycles. The van der Waals surface area contributed by atoms with Crippen molar-refractivity contribution in [2.75, 3.05) is 12.4 Å². The molecule has 0 aromatic carbocycles. The molecule has 0 unspecified atom stereocenters. The normalized spacial score (nSPS) is 10.5. The topological polar surface area (TPSA) is 55.6 Å². The number of nitrogens with one attached hydrogen (secondary N) is 1. The predicted molar refractivity (Wildman–Crippen MR) is 66.9 cm³/mol. The lowest BCUT2D eigenvalue weighted by molar-refractivity contribution is 0.644. The molecule has 0 saturated heterocycles. The molecular formula is C12H17N5. The molecule has 90 valence electrons. The van der Waals surface area contributed by atoms with Gasteiger partial charge in [-0.2, -0.15) is 0 Å². The number of nitrogens with zero attached hydrogens (tertiary/aromatic N) is 4. The zero-order valence-electron chi connectivity index (χ0n) is 10.2. The van der Waals surface area contributed by atoms with Crippen molar-refractivity contribution in [2.45, 2.75) is 26.3 Å². The van der Waals surface area contributed by atoms with E-state index < -0.39 is 0 Å². The average Bonchev–Trinajstić information content (AvgIpc) is 2.78. The van der Waals surface area contributed by atoms with Gasteiger partial charge in [-0.15, -0.1) is 0 Å². The number of hydrogen-bond acceptors (Lipinski definition) is 4. The lowest BCUT2D eigenvalue weighted by atomic mass is 10.3. The van der Waals surface area contributed by atoms with Crippen LogP contribution in [0.25, 0.3) is 0 Å². The molecule has 0 amide bonds. The van der Waals surface area contributed by atoms with Gasteiger partial charge in [0.1, 0.15) is 11.6 Å². The molecule has 0 aliphatic heterocycles. The summed E-state index contributed by atoms with van der Waals surface area (Å²) in [4.78, 5) is 13.0. The predicted octanol–water partition coefficient (Wildman–Crippen LogP) is 1.72. The highest BCUT2D eigenvalue weighted by Gasteiger charge is 2.05. The van der Waals surface area contributed by atoms with Crippen molar-refractivity contribution in [2.24, 2.45) is 0 Å². The van der Waals surface area contributed by atoms with Crippen LogP contribution in [0.15, 0.2) is 24.8 Å². The molecule has 0 bridgehead atoms. The van der Waals surface area contributed by atoms with Crippen LogP contribution < -0.4 is 5.32 Å². The first-order chi connectivity index (χ1) is 8.33. The van der Waals surface area contributed by atoms with Crippen molar-refractivity contribution >= 4 is 5.82 Å². The van der Waals surface area contributed by atoms with E-state index in [4.69, 9.17) is 0 Å². The number of hydrogen-bond donors (Lipinski definition) is 1. The first-order valence-corrected chi connectivity index (χ1v) is 5.82. The molecule has 5 heteroatoms. The summed E-state index contributed by atoms with van der Waals surface area (Å²) in [5.41, 5.74) is 0.931. The van der Waals surface area contributed by atoms with E-state index in [1.165, 1.54) is 0 Å². The van der Waals surface area contributed by atoms with Crippen LogP contribution in [0.2, 0.25) is 0 Å². The van der Waals surface area contributed by atoms with Gasteiger partial charge < -0.3 is 9.88 Å². The molecule has 0 aliphatic carbocycles. The minimum absolute atomic E-state index is 0.718. The molecule has 17 heavy (non-hydrogen) atoms. The van der Waals surface area contributed by atoms with E-state index in [0.29, 0.717) is 0 Å². The Kier molecular flexibility index (Phi) is 3.69. The third-order valence-corrected chi connectivity index (χ3v) is 2.55. The van der Waals surface area contributed by atoms with Crippen LogP contribution >= 0.6 is 0 Å². The lowest BCUT2D eigenvalue weighted by Crippen LogP contribution is -2.05. The van der Waals surface area contributed by atoms with Crippen molar-refractivity contribution in [3.8, 4) is 0 Å². The maximum atomic E-state index is 4.44. The van der Waals surface area contributed by atoms with Gasteiger partial charge >= 0.3 is 0 Å². The minimum Gasteiger partial charge on any atom is -0.372 e. The van der Waals surface area contributed by atoms with E-state index in [0.717, 1.165) is 36.7 Å². The Labute approximate surface area is 101 Å². The summed E-state index contributed by atoms with van der Waals surface area (Å²) >= 11 is 0. The van der Waals surface area contributed by atoms with E-state index in [9.17, 15) is 0 Å². The fourth-order valence-corrected chi connectivity index (χ4v) is 1.73. The van der Waals surface area contributed by atoms with E-state index in [1.54, 1.807) is 12.4 Å². The molecule has 0 atom stereocenters. The molecule has 1 N–H and O–H groups in total. The van der Waals surface area contributed by atoms with E-state index in [1.807, 2.05) is 19.4 Å². The maximum Gasteiger partial charge on any atom is 0.144 e. The molecule has 0 radical (unpaired) electrons. The van der Waals surface area contributed by atoms with Gasteiger partial charge in [-0.3, -0.25) is 4.98 Å². The first-order valence-electron chi connectivity index (χ1n) is 5.82. The monoisotopic (exact) mass is 231 g/mol. The Hall–Kier alpha value is -1.91. The van der Waals surface area contributed by atoms with Gasteiger partial charge in [-0.25, -0.2) is 9.97 Å². The number of aryl methyl sites for hydroxylation is 1. The van der Waals surface area contributed by atoms with Gasteiger partial charge in [0.25, 0.3) is 0 Å². The standard InChI is InChI=1S/C12H17N5/c1-3-5-17-6-4-15-12(17)7-10-8-14-9-11(13-2)16-10/h4,6,8-9H,3,5,7H2,1-2H3,(H,13,16). The maximum absolute atomic E-state index is 4.44. The van der Waals surface area contributed by atoms with Crippen molar-refractivity contribution in [3.05, 3.63) is 36.3 Å². The van der Waals surface area contributed by atoms with E-state index in [2.05, 4.69) is 31.8 Å². The van der Waals surface area contributed by atoms with Crippen molar-refractivity contribution in [3.63, 3.8) is 0 Å². The molecule has 2 aromatic rings. The van der Waals surface area contributed by atoms with Crippen molar-refractivity contribution in [1.82, 2.24) is 19.5 Å². The van der Waals surface area contributed by atoms with Crippen LogP contribution in [0, 0.1) is 0 Å². The molecule has 2 heterocycles. The van der Waals surface area contributed by atoms with Crippen LogP contribution in [0.1, 0.15) is 24.9 Å². The largest absolute Gasteiger partial charge is 0.372 e. The molecule has 0 saturated carbocycles. The fraction of sp³-hybridized carbons (Fsp3) is 0.417.